The summed E-state index contributed by atoms with van der Waals surface area (Å²) in [6, 6.07) is 7.36. The second kappa shape index (κ2) is 9.04. The maximum absolute atomic E-state index is 12.9. The number of hydrogen-bond acceptors (Lipinski definition) is 4. The zero-order valence-corrected chi connectivity index (χ0v) is 16.6. The maximum atomic E-state index is 12.9. The van der Waals surface area contributed by atoms with Crippen LogP contribution in [0.25, 0.3) is 0 Å². The third kappa shape index (κ3) is 4.89. The number of carbonyl (C=O) groups is 1. The average Bonchev–Trinajstić information content (AvgIpc) is 3.16. The molecule has 6 nitrogen and oxygen atoms in total. The summed E-state index contributed by atoms with van der Waals surface area (Å²) >= 11 is 0. The lowest BCUT2D eigenvalue weighted by Gasteiger charge is -2.33. The maximum Gasteiger partial charge on any atom is 0.253 e. The molecule has 0 radical (unpaired) electrons. The molecule has 0 saturated carbocycles. The van der Waals surface area contributed by atoms with Crippen LogP contribution in [-0.4, -0.2) is 66.1 Å². The topological polar surface area (TPSA) is 50.6 Å². The van der Waals surface area contributed by atoms with Crippen LogP contribution in [0, 0.1) is 0 Å². The van der Waals surface area contributed by atoms with E-state index in [0.717, 1.165) is 57.0 Å². The Morgan fingerprint density at radius 1 is 1.30 bits per heavy atom. The molecular weight excluding hydrogens is 340 g/mol. The highest BCUT2D eigenvalue weighted by molar-refractivity contribution is 5.94. The Balaban J connectivity index is 1.65. The molecule has 0 unspecified atom stereocenters. The van der Waals surface area contributed by atoms with Crippen molar-refractivity contribution >= 4 is 5.91 Å². The van der Waals surface area contributed by atoms with Gasteiger partial charge in [0.2, 0.25) is 0 Å². The van der Waals surface area contributed by atoms with Crippen LogP contribution in [0.1, 0.15) is 41.4 Å². The number of ether oxygens (including phenoxy) is 1. The Labute approximate surface area is 161 Å². The number of piperidine rings is 1. The first-order valence-corrected chi connectivity index (χ1v) is 9.67. The number of aryl methyl sites for hydroxylation is 1. The van der Waals surface area contributed by atoms with Gasteiger partial charge in [0.15, 0.2) is 0 Å². The van der Waals surface area contributed by atoms with Gasteiger partial charge in [-0.2, -0.15) is 0 Å². The molecule has 27 heavy (non-hydrogen) atoms. The zero-order chi connectivity index (χ0) is 19.2. The number of carbonyl (C=O) groups excluding carboxylic acids is 1. The Kier molecular flexibility index (Phi) is 6.50. The third-order valence-corrected chi connectivity index (χ3v) is 5.16. The zero-order valence-electron chi connectivity index (χ0n) is 16.6. The fraction of sp³-hybridized carbons (Fsp3) is 0.524. The molecule has 1 saturated heterocycles. The molecule has 0 N–H and O–H groups in total. The predicted octanol–water partition coefficient (Wildman–Crippen LogP) is 2.86. The van der Waals surface area contributed by atoms with E-state index >= 15 is 0 Å². The van der Waals surface area contributed by atoms with Gasteiger partial charge < -0.3 is 19.1 Å². The Bertz CT molecular complexity index is 739. The van der Waals surface area contributed by atoms with Gasteiger partial charge in [-0.1, -0.05) is 0 Å². The summed E-state index contributed by atoms with van der Waals surface area (Å²) in [5.41, 5.74) is 0.714. The van der Waals surface area contributed by atoms with Gasteiger partial charge in [0.1, 0.15) is 11.6 Å². The lowest BCUT2D eigenvalue weighted by atomic mass is 9.96. The SMILES string of the molecule is COc1ccc(C(=O)N2CCC[C@@H](c3nccn3CCCN(C)C)C2)cc1. The Hall–Kier alpha value is -2.34. The average molecular weight is 370 g/mol. The number of nitrogens with zero attached hydrogens (tertiary/aromatic N) is 4. The quantitative estimate of drug-likeness (QED) is 0.752. The van der Waals surface area contributed by atoms with Gasteiger partial charge in [0, 0.05) is 43.5 Å². The van der Waals surface area contributed by atoms with Gasteiger partial charge in [-0.15, -0.1) is 0 Å². The summed E-state index contributed by atoms with van der Waals surface area (Å²) in [7, 11) is 5.82. The molecule has 1 aliphatic heterocycles. The molecule has 146 valence electrons. The second-order valence-corrected chi connectivity index (χ2v) is 7.45. The highest BCUT2D eigenvalue weighted by Gasteiger charge is 2.28. The van der Waals surface area contributed by atoms with Crippen LogP contribution in [0.2, 0.25) is 0 Å². The van der Waals surface area contributed by atoms with Crippen molar-refractivity contribution in [1.29, 1.82) is 0 Å². The molecule has 2 aromatic rings. The van der Waals surface area contributed by atoms with Crippen LogP contribution >= 0.6 is 0 Å². The molecule has 2 heterocycles. The molecule has 0 aliphatic carbocycles. The molecule has 1 fully saturated rings. The number of hydrogen-bond donors (Lipinski definition) is 0. The number of aromatic nitrogens is 2. The van der Waals surface area contributed by atoms with Crippen molar-refractivity contribution < 1.29 is 9.53 Å². The van der Waals surface area contributed by atoms with E-state index < -0.39 is 0 Å². The minimum Gasteiger partial charge on any atom is -0.497 e. The molecule has 3 rings (SSSR count). The van der Waals surface area contributed by atoms with Crippen LogP contribution < -0.4 is 4.74 Å². The van der Waals surface area contributed by atoms with Crippen LogP contribution in [0.5, 0.6) is 5.75 Å². The van der Waals surface area contributed by atoms with E-state index in [4.69, 9.17) is 4.74 Å². The molecule has 0 bridgehead atoms. The second-order valence-electron chi connectivity index (χ2n) is 7.45. The fourth-order valence-electron chi connectivity index (χ4n) is 3.72. The van der Waals surface area contributed by atoms with Crippen molar-refractivity contribution in [2.75, 3.05) is 40.8 Å². The first-order chi connectivity index (χ1) is 13.1. The van der Waals surface area contributed by atoms with E-state index in [1.807, 2.05) is 35.4 Å². The van der Waals surface area contributed by atoms with Crippen molar-refractivity contribution in [3.63, 3.8) is 0 Å². The Morgan fingerprint density at radius 3 is 2.78 bits per heavy atom. The normalized spacial score (nSPS) is 17.3. The highest BCUT2D eigenvalue weighted by atomic mass is 16.5. The summed E-state index contributed by atoms with van der Waals surface area (Å²) in [6.07, 6.45) is 7.14. The van der Waals surface area contributed by atoms with Crippen molar-refractivity contribution in [1.82, 2.24) is 19.4 Å². The Morgan fingerprint density at radius 2 is 2.07 bits per heavy atom. The molecule has 1 amide bonds. The van der Waals surface area contributed by atoms with E-state index in [0.29, 0.717) is 11.5 Å². The predicted molar refractivity (Wildman–Crippen MR) is 106 cm³/mol. The largest absolute Gasteiger partial charge is 0.497 e. The van der Waals surface area contributed by atoms with Crippen LogP contribution in [-0.2, 0) is 6.54 Å². The van der Waals surface area contributed by atoms with Crippen LogP contribution in [0.4, 0.5) is 0 Å². The lowest BCUT2D eigenvalue weighted by molar-refractivity contribution is 0.0703. The van der Waals surface area contributed by atoms with Gasteiger partial charge in [-0.25, -0.2) is 4.98 Å². The van der Waals surface area contributed by atoms with Gasteiger partial charge in [0.05, 0.1) is 7.11 Å². The van der Waals surface area contributed by atoms with Crippen molar-refractivity contribution in [3.05, 3.63) is 48.0 Å². The molecular formula is C21H30N4O2. The smallest absolute Gasteiger partial charge is 0.253 e. The van der Waals surface area contributed by atoms with Crippen LogP contribution in [0.15, 0.2) is 36.7 Å². The standard InChI is InChI=1S/C21H30N4O2/c1-23(2)12-5-14-24-15-11-22-20(24)18-6-4-13-25(16-18)21(26)17-7-9-19(27-3)10-8-17/h7-11,15,18H,4-6,12-14,16H2,1-3H3/t18-/m1/s1. The summed E-state index contributed by atoms with van der Waals surface area (Å²) < 4.78 is 7.44. The number of methoxy groups -OCH3 is 1. The summed E-state index contributed by atoms with van der Waals surface area (Å²) in [6.45, 7) is 3.57. The van der Waals surface area contributed by atoms with Gasteiger partial charge in [-0.3, -0.25) is 4.79 Å². The van der Waals surface area contributed by atoms with E-state index in [9.17, 15) is 4.79 Å². The highest BCUT2D eigenvalue weighted by Crippen LogP contribution is 2.27. The molecule has 1 aromatic heterocycles. The van der Waals surface area contributed by atoms with E-state index in [1.165, 1.54) is 0 Å². The molecule has 6 heteroatoms. The first-order valence-electron chi connectivity index (χ1n) is 9.67. The number of benzene rings is 1. The summed E-state index contributed by atoms with van der Waals surface area (Å²) in [5.74, 6) is 2.27. The molecule has 1 aliphatic rings. The summed E-state index contributed by atoms with van der Waals surface area (Å²) in [5, 5.41) is 0. The number of imidazole rings is 1. The van der Waals surface area contributed by atoms with Crippen molar-refractivity contribution in [2.45, 2.75) is 31.7 Å². The first kappa shape index (κ1) is 19.4. The number of likely N-dealkylation sites (tertiary alicyclic amines) is 1. The van der Waals surface area contributed by atoms with Crippen molar-refractivity contribution in [3.8, 4) is 5.75 Å². The fourth-order valence-corrected chi connectivity index (χ4v) is 3.72. The van der Waals surface area contributed by atoms with E-state index in [2.05, 4.69) is 34.7 Å². The lowest BCUT2D eigenvalue weighted by Crippen LogP contribution is -2.39. The van der Waals surface area contributed by atoms with Crippen molar-refractivity contribution in [2.24, 2.45) is 0 Å². The number of rotatable bonds is 7. The van der Waals surface area contributed by atoms with Gasteiger partial charge >= 0.3 is 0 Å². The van der Waals surface area contributed by atoms with Gasteiger partial charge in [0.25, 0.3) is 5.91 Å². The number of amides is 1. The molecule has 1 aromatic carbocycles. The third-order valence-electron chi connectivity index (χ3n) is 5.16. The molecule has 1 atom stereocenters. The van der Waals surface area contributed by atoms with Gasteiger partial charge in [-0.05, 0) is 64.2 Å². The summed E-state index contributed by atoms with van der Waals surface area (Å²) in [4.78, 5) is 21.7. The minimum atomic E-state index is 0.0908. The van der Waals surface area contributed by atoms with E-state index in [-0.39, 0.29) is 5.91 Å². The monoisotopic (exact) mass is 370 g/mol. The van der Waals surface area contributed by atoms with E-state index in [1.54, 1.807) is 7.11 Å². The molecule has 0 spiro atoms. The minimum absolute atomic E-state index is 0.0908. The van der Waals surface area contributed by atoms with Crippen LogP contribution in [0.3, 0.4) is 0 Å².